The van der Waals surface area contributed by atoms with Gasteiger partial charge in [0, 0.05) is 12.5 Å². The van der Waals surface area contributed by atoms with E-state index in [0.717, 1.165) is 32.5 Å². The number of amides is 1. The van der Waals surface area contributed by atoms with Crippen molar-refractivity contribution in [2.75, 3.05) is 26.2 Å². The van der Waals surface area contributed by atoms with E-state index in [1.807, 2.05) is 11.8 Å². The van der Waals surface area contributed by atoms with Crippen LogP contribution in [-0.4, -0.2) is 48.2 Å². The highest BCUT2D eigenvalue weighted by atomic mass is 16.3. The summed E-state index contributed by atoms with van der Waals surface area (Å²) in [6, 6.07) is 0.0768. The fraction of sp³-hybridized carbons (Fsp3) is 0.909. The Kier molecular flexibility index (Phi) is 3.26. The maximum absolute atomic E-state index is 12.1. The molecule has 2 N–H and O–H groups in total. The third-order valence-corrected chi connectivity index (χ3v) is 3.78. The van der Waals surface area contributed by atoms with Crippen molar-refractivity contribution in [1.82, 2.24) is 10.2 Å². The molecule has 2 heterocycles. The van der Waals surface area contributed by atoms with Gasteiger partial charge in [0.1, 0.15) is 0 Å². The van der Waals surface area contributed by atoms with Crippen LogP contribution < -0.4 is 5.32 Å². The Hall–Kier alpha value is -0.610. The van der Waals surface area contributed by atoms with Gasteiger partial charge in [0.15, 0.2) is 0 Å². The van der Waals surface area contributed by atoms with Crippen LogP contribution in [0, 0.1) is 11.8 Å². The van der Waals surface area contributed by atoms with E-state index in [4.69, 9.17) is 0 Å². The first-order valence-electron chi connectivity index (χ1n) is 5.86. The zero-order valence-electron chi connectivity index (χ0n) is 9.28. The van der Waals surface area contributed by atoms with Gasteiger partial charge in [-0.1, -0.05) is 6.92 Å². The van der Waals surface area contributed by atoms with Crippen LogP contribution in [0.4, 0.5) is 0 Å². The predicted molar refractivity (Wildman–Crippen MR) is 57.3 cm³/mol. The number of nitrogens with one attached hydrogen (secondary N) is 1. The van der Waals surface area contributed by atoms with Crippen LogP contribution in [0.1, 0.15) is 19.8 Å². The number of carbonyl (C=O) groups is 1. The summed E-state index contributed by atoms with van der Waals surface area (Å²) >= 11 is 0. The van der Waals surface area contributed by atoms with Crippen molar-refractivity contribution in [2.24, 2.45) is 11.8 Å². The number of hydrogen-bond donors (Lipinski definition) is 2. The minimum absolute atomic E-state index is 0.0768. The molecule has 86 valence electrons. The standard InChI is InChI=1S/C11H20N2O2/c1-8(9-5-12-6-9)11(15)13-4-2-3-10(13)7-14/h8-10,12,14H,2-7H2,1H3/t8?,10-/m1/s1. The van der Waals surface area contributed by atoms with E-state index in [0.29, 0.717) is 5.92 Å². The summed E-state index contributed by atoms with van der Waals surface area (Å²) in [4.78, 5) is 14.0. The van der Waals surface area contributed by atoms with Crippen molar-refractivity contribution in [3.63, 3.8) is 0 Å². The largest absolute Gasteiger partial charge is 0.394 e. The van der Waals surface area contributed by atoms with Gasteiger partial charge in [0.2, 0.25) is 5.91 Å². The first kappa shape index (κ1) is 10.9. The smallest absolute Gasteiger partial charge is 0.226 e. The molecular formula is C11H20N2O2. The summed E-state index contributed by atoms with van der Waals surface area (Å²) in [7, 11) is 0. The van der Waals surface area contributed by atoms with Crippen LogP contribution in [0.5, 0.6) is 0 Å². The van der Waals surface area contributed by atoms with Crippen molar-refractivity contribution < 1.29 is 9.90 Å². The van der Waals surface area contributed by atoms with Crippen LogP contribution in [-0.2, 0) is 4.79 Å². The number of rotatable bonds is 3. The Morgan fingerprint density at radius 3 is 2.87 bits per heavy atom. The fourth-order valence-corrected chi connectivity index (χ4v) is 2.44. The lowest BCUT2D eigenvalue weighted by atomic mass is 9.88. The van der Waals surface area contributed by atoms with Crippen molar-refractivity contribution in [2.45, 2.75) is 25.8 Å². The van der Waals surface area contributed by atoms with Gasteiger partial charge in [-0.3, -0.25) is 4.79 Å². The lowest BCUT2D eigenvalue weighted by Gasteiger charge is -2.35. The number of aliphatic hydroxyl groups excluding tert-OH is 1. The molecule has 15 heavy (non-hydrogen) atoms. The van der Waals surface area contributed by atoms with Gasteiger partial charge in [-0.25, -0.2) is 0 Å². The normalized spacial score (nSPS) is 28.9. The summed E-state index contributed by atoms with van der Waals surface area (Å²) in [6.45, 7) is 4.88. The van der Waals surface area contributed by atoms with E-state index in [9.17, 15) is 9.90 Å². The molecule has 1 unspecified atom stereocenters. The molecule has 0 aromatic heterocycles. The zero-order valence-corrected chi connectivity index (χ0v) is 9.28. The second-order valence-electron chi connectivity index (χ2n) is 4.72. The van der Waals surface area contributed by atoms with Crippen molar-refractivity contribution >= 4 is 5.91 Å². The third kappa shape index (κ3) is 2.01. The van der Waals surface area contributed by atoms with Crippen LogP contribution in [0.2, 0.25) is 0 Å². The van der Waals surface area contributed by atoms with Gasteiger partial charge in [-0.2, -0.15) is 0 Å². The summed E-state index contributed by atoms with van der Waals surface area (Å²) < 4.78 is 0. The molecule has 0 bridgehead atoms. The van der Waals surface area contributed by atoms with E-state index in [2.05, 4.69) is 5.32 Å². The number of hydrogen-bond acceptors (Lipinski definition) is 3. The van der Waals surface area contributed by atoms with E-state index in [-0.39, 0.29) is 24.5 Å². The molecule has 2 atom stereocenters. The predicted octanol–water partition coefficient (Wildman–Crippen LogP) is -0.175. The van der Waals surface area contributed by atoms with Gasteiger partial charge in [-0.05, 0) is 31.8 Å². The Morgan fingerprint density at radius 2 is 2.33 bits per heavy atom. The van der Waals surface area contributed by atoms with Gasteiger partial charge in [-0.15, -0.1) is 0 Å². The molecule has 1 amide bonds. The molecular weight excluding hydrogens is 192 g/mol. The van der Waals surface area contributed by atoms with Gasteiger partial charge < -0.3 is 15.3 Å². The number of likely N-dealkylation sites (tertiary alicyclic amines) is 1. The Bertz CT molecular complexity index is 241. The Labute approximate surface area is 90.6 Å². The molecule has 2 saturated heterocycles. The average molecular weight is 212 g/mol. The third-order valence-electron chi connectivity index (χ3n) is 3.78. The lowest BCUT2D eigenvalue weighted by Crippen LogP contribution is -2.51. The number of carbonyl (C=O) groups excluding carboxylic acids is 1. The summed E-state index contributed by atoms with van der Waals surface area (Å²) in [5, 5.41) is 12.4. The molecule has 0 saturated carbocycles. The first-order chi connectivity index (χ1) is 7.24. The summed E-state index contributed by atoms with van der Waals surface area (Å²) in [5.41, 5.74) is 0. The molecule has 0 radical (unpaired) electrons. The van der Waals surface area contributed by atoms with E-state index < -0.39 is 0 Å². The van der Waals surface area contributed by atoms with Crippen LogP contribution in [0.25, 0.3) is 0 Å². The molecule has 0 aliphatic carbocycles. The highest BCUT2D eigenvalue weighted by Crippen LogP contribution is 2.24. The maximum Gasteiger partial charge on any atom is 0.226 e. The van der Waals surface area contributed by atoms with E-state index in [1.54, 1.807) is 0 Å². The lowest BCUT2D eigenvalue weighted by molar-refractivity contribution is -0.138. The van der Waals surface area contributed by atoms with Gasteiger partial charge in [0.05, 0.1) is 12.6 Å². The van der Waals surface area contributed by atoms with Crippen molar-refractivity contribution in [3.05, 3.63) is 0 Å². The van der Waals surface area contributed by atoms with Gasteiger partial charge >= 0.3 is 0 Å². The average Bonchev–Trinajstić information content (AvgIpc) is 2.61. The minimum Gasteiger partial charge on any atom is -0.394 e. The topological polar surface area (TPSA) is 52.6 Å². The van der Waals surface area contributed by atoms with E-state index >= 15 is 0 Å². The molecule has 0 aromatic rings. The minimum atomic E-state index is 0.0768. The van der Waals surface area contributed by atoms with E-state index in [1.165, 1.54) is 0 Å². The van der Waals surface area contributed by atoms with Crippen molar-refractivity contribution in [1.29, 1.82) is 0 Å². The second-order valence-corrected chi connectivity index (χ2v) is 4.72. The summed E-state index contributed by atoms with van der Waals surface area (Å²) in [5.74, 6) is 0.842. The molecule has 2 aliphatic rings. The van der Waals surface area contributed by atoms with Crippen LogP contribution in [0.15, 0.2) is 0 Å². The number of aliphatic hydroxyl groups is 1. The molecule has 2 fully saturated rings. The highest BCUT2D eigenvalue weighted by Gasteiger charge is 2.35. The Morgan fingerprint density at radius 1 is 1.60 bits per heavy atom. The van der Waals surface area contributed by atoms with Gasteiger partial charge in [0.25, 0.3) is 0 Å². The second kappa shape index (κ2) is 4.49. The maximum atomic E-state index is 12.1. The molecule has 2 rings (SSSR count). The fourth-order valence-electron chi connectivity index (χ4n) is 2.44. The van der Waals surface area contributed by atoms with Crippen LogP contribution >= 0.6 is 0 Å². The molecule has 0 spiro atoms. The highest BCUT2D eigenvalue weighted by molar-refractivity contribution is 5.79. The SMILES string of the molecule is CC(C(=O)N1CCC[C@@H]1CO)C1CNC1. The zero-order chi connectivity index (χ0) is 10.8. The quantitative estimate of drug-likeness (QED) is 0.682. The summed E-state index contributed by atoms with van der Waals surface area (Å²) in [6.07, 6.45) is 1.99. The molecule has 0 aromatic carbocycles. The van der Waals surface area contributed by atoms with Crippen molar-refractivity contribution in [3.8, 4) is 0 Å². The monoisotopic (exact) mass is 212 g/mol. The first-order valence-corrected chi connectivity index (χ1v) is 5.86. The Balaban J connectivity index is 1.93. The molecule has 4 heteroatoms. The molecule has 4 nitrogen and oxygen atoms in total. The number of nitrogens with zero attached hydrogens (tertiary/aromatic N) is 1. The molecule has 2 aliphatic heterocycles. The van der Waals surface area contributed by atoms with Crippen LogP contribution in [0.3, 0.4) is 0 Å².